The van der Waals surface area contributed by atoms with Gasteiger partial charge in [-0.2, -0.15) is 0 Å². The van der Waals surface area contributed by atoms with Crippen molar-refractivity contribution in [1.29, 1.82) is 0 Å². The van der Waals surface area contributed by atoms with Crippen molar-refractivity contribution >= 4 is 0 Å². The van der Waals surface area contributed by atoms with Gasteiger partial charge in [0, 0.05) is 18.8 Å². The number of aryl methyl sites for hydroxylation is 1. The molecule has 1 heterocycles. The SMILES string of the molecule is COc1ccc(CN[C@H](C)c2ccccn2)cc1C. The van der Waals surface area contributed by atoms with Gasteiger partial charge in [-0.15, -0.1) is 0 Å². The zero-order chi connectivity index (χ0) is 13.7. The summed E-state index contributed by atoms with van der Waals surface area (Å²) in [6, 6.07) is 12.5. The fraction of sp³-hybridized carbons (Fsp3) is 0.312. The Hall–Kier alpha value is -1.87. The molecule has 0 aliphatic rings. The molecule has 0 aliphatic carbocycles. The molecule has 0 aliphatic heterocycles. The first kappa shape index (κ1) is 13.6. The van der Waals surface area contributed by atoms with Gasteiger partial charge in [0.2, 0.25) is 0 Å². The summed E-state index contributed by atoms with van der Waals surface area (Å²) in [6.07, 6.45) is 1.82. The van der Waals surface area contributed by atoms with Gasteiger partial charge in [-0.3, -0.25) is 4.98 Å². The fourth-order valence-electron chi connectivity index (χ4n) is 2.06. The van der Waals surface area contributed by atoms with E-state index in [0.717, 1.165) is 23.6 Å². The molecule has 19 heavy (non-hydrogen) atoms. The highest BCUT2D eigenvalue weighted by molar-refractivity contribution is 5.36. The van der Waals surface area contributed by atoms with Crippen molar-refractivity contribution in [3.05, 3.63) is 59.4 Å². The molecule has 0 saturated carbocycles. The van der Waals surface area contributed by atoms with Gasteiger partial charge in [0.05, 0.1) is 12.8 Å². The molecule has 0 amide bonds. The first-order valence-corrected chi connectivity index (χ1v) is 6.48. The molecule has 0 saturated heterocycles. The minimum atomic E-state index is 0.239. The van der Waals surface area contributed by atoms with Gasteiger partial charge in [0.25, 0.3) is 0 Å². The molecular formula is C16H20N2O. The van der Waals surface area contributed by atoms with Crippen molar-refractivity contribution in [3.63, 3.8) is 0 Å². The minimum Gasteiger partial charge on any atom is -0.496 e. The number of ether oxygens (including phenoxy) is 1. The summed E-state index contributed by atoms with van der Waals surface area (Å²) < 4.78 is 5.26. The Bertz CT molecular complexity index is 526. The molecule has 2 rings (SSSR count). The van der Waals surface area contributed by atoms with Crippen molar-refractivity contribution in [1.82, 2.24) is 10.3 Å². The molecule has 0 unspecified atom stereocenters. The van der Waals surface area contributed by atoms with Crippen LogP contribution in [0, 0.1) is 6.92 Å². The first-order valence-electron chi connectivity index (χ1n) is 6.48. The van der Waals surface area contributed by atoms with Crippen LogP contribution in [0.15, 0.2) is 42.6 Å². The number of nitrogens with one attached hydrogen (secondary N) is 1. The molecule has 1 aromatic heterocycles. The predicted octanol–water partition coefficient (Wildman–Crippen LogP) is 3.25. The molecule has 100 valence electrons. The monoisotopic (exact) mass is 256 g/mol. The second kappa shape index (κ2) is 6.34. The Labute approximate surface area is 114 Å². The van der Waals surface area contributed by atoms with Gasteiger partial charge >= 0.3 is 0 Å². The van der Waals surface area contributed by atoms with Crippen LogP contribution in [0.5, 0.6) is 5.75 Å². The van der Waals surface area contributed by atoms with E-state index in [0.29, 0.717) is 0 Å². The molecule has 1 atom stereocenters. The van der Waals surface area contributed by atoms with Gasteiger partial charge in [0.1, 0.15) is 5.75 Å². The molecule has 0 radical (unpaired) electrons. The van der Waals surface area contributed by atoms with E-state index >= 15 is 0 Å². The number of methoxy groups -OCH3 is 1. The van der Waals surface area contributed by atoms with E-state index in [4.69, 9.17) is 4.74 Å². The minimum absolute atomic E-state index is 0.239. The topological polar surface area (TPSA) is 34.1 Å². The summed E-state index contributed by atoms with van der Waals surface area (Å²) in [5.74, 6) is 0.932. The van der Waals surface area contributed by atoms with Crippen LogP contribution < -0.4 is 10.1 Å². The van der Waals surface area contributed by atoms with E-state index in [-0.39, 0.29) is 6.04 Å². The molecule has 0 fully saturated rings. The molecule has 0 bridgehead atoms. The molecule has 1 aromatic carbocycles. The van der Waals surface area contributed by atoms with E-state index < -0.39 is 0 Å². The summed E-state index contributed by atoms with van der Waals surface area (Å²) in [7, 11) is 1.70. The summed E-state index contributed by atoms with van der Waals surface area (Å²) in [4.78, 5) is 4.35. The van der Waals surface area contributed by atoms with E-state index in [9.17, 15) is 0 Å². The summed E-state index contributed by atoms with van der Waals surface area (Å²) in [5.41, 5.74) is 3.47. The number of hydrogen-bond donors (Lipinski definition) is 1. The highest BCUT2D eigenvalue weighted by atomic mass is 16.5. The number of hydrogen-bond acceptors (Lipinski definition) is 3. The lowest BCUT2D eigenvalue weighted by atomic mass is 10.1. The van der Waals surface area contributed by atoms with Gasteiger partial charge in [-0.05, 0) is 43.2 Å². The molecule has 0 spiro atoms. The van der Waals surface area contributed by atoms with Crippen LogP contribution in [0.2, 0.25) is 0 Å². The summed E-state index contributed by atoms with van der Waals surface area (Å²) in [5, 5.41) is 3.48. The van der Waals surface area contributed by atoms with Crippen LogP contribution in [-0.2, 0) is 6.54 Å². The normalized spacial score (nSPS) is 12.2. The van der Waals surface area contributed by atoms with Crippen molar-refractivity contribution in [2.24, 2.45) is 0 Å². The van der Waals surface area contributed by atoms with E-state index in [1.807, 2.05) is 30.5 Å². The third kappa shape index (κ3) is 3.55. The average Bonchev–Trinajstić information content (AvgIpc) is 2.46. The van der Waals surface area contributed by atoms with Crippen LogP contribution in [0.4, 0.5) is 0 Å². The van der Waals surface area contributed by atoms with Crippen molar-refractivity contribution in [2.45, 2.75) is 26.4 Å². The summed E-state index contributed by atoms with van der Waals surface area (Å²) >= 11 is 0. The Morgan fingerprint density at radius 1 is 1.26 bits per heavy atom. The third-order valence-corrected chi connectivity index (χ3v) is 3.20. The lowest BCUT2D eigenvalue weighted by Gasteiger charge is -2.14. The molecule has 1 N–H and O–H groups in total. The number of benzene rings is 1. The lowest BCUT2D eigenvalue weighted by Crippen LogP contribution is -2.19. The van der Waals surface area contributed by atoms with Crippen LogP contribution >= 0.6 is 0 Å². The van der Waals surface area contributed by atoms with Crippen LogP contribution in [-0.4, -0.2) is 12.1 Å². The highest BCUT2D eigenvalue weighted by Crippen LogP contribution is 2.19. The van der Waals surface area contributed by atoms with E-state index in [1.165, 1.54) is 5.56 Å². The number of rotatable bonds is 5. The maximum Gasteiger partial charge on any atom is 0.121 e. The quantitative estimate of drug-likeness (QED) is 0.891. The smallest absolute Gasteiger partial charge is 0.121 e. The third-order valence-electron chi connectivity index (χ3n) is 3.20. The van der Waals surface area contributed by atoms with Gasteiger partial charge in [0.15, 0.2) is 0 Å². The van der Waals surface area contributed by atoms with Crippen molar-refractivity contribution in [2.75, 3.05) is 7.11 Å². The van der Waals surface area contributed by atoms with E-state index in [2.05, 4.69) is 36.3 Å². The summed E-state index contributed by atoms with van der Waals surface area (Å²) in [6.45, 7) is 5.01. The van der Waals surface area contributed by atoms with Gasteiger partial charge in [-0.1, -0.05) is 18.2 Å². The van der Waals surface area contributed by atoms with Crippen molar-refractivity contribution in [3.8, 4) is 5.75 Å². The molecule has 3 heteroatoms. The second-order valence-electron chi connectivity index (χ2n) is 4.66. The van der Waals surface area contributed by atoms with Gasteiger partial charge < -0.3 is 10.1 Å². The molecule has 3 nitrogen and oxygen atoms in total. The second-order valence-corrected chi connectivity index (χ2v) is 4.66. The van der Waals surface area contributed by atoms with E-state index in [1.54, 1.807) is 7.11 Å². The molecule has 2 aromatic rings. The Balaban J connectivity index is 1.97. The van der Waals surface area contributed by atoms with Gasteiger partial charge in [-0.25, -0.2) is 0 Å². The Kier molecular flexibility index (Phi) is 4.53. The number of pyridine rings is 1. The van der Waals surface area contributed by atoms with Crippen LogP contribution in [0.3, 0.4) is 0 Å². The Morgan fingerprint density at radius 2 is 2.11 bits per heavy atom. The lowest BCUT2D eigenvalue weighted by molar-refractivity contribution is 0.411. The number of aromatic nitrogens is 1. The zero-order valence-electron chi connectivity index (χ0n) is 11.7. The molecular weight excluding hydrogens is 236 g/mol. The van der Waals surface area contributed by atoms with Crippen molar-refractivity contribution < 1.29 is 4.74 Å². The van der Waals surface area contributed by atoms with Crippen LogP contribution in [0.1, 0.15) is 29.8 Å². The zero-order valence-corrected chi connectivity index (χ0v) is 11.7. The maximum absolute atomic E-state index is 5.26. The largest absolute Gasteiger partial charge is 0.496 e. The maximum atomic E-state index is 5.26. The number of nitrogens with zero attached hydrogens (tertiary/aromatic N) is 1. The van der Waals surface area contributed by atoms with Crippen LogP contribution in [0.25, 0.3) is 0 Å². The fourth-order valence-corrected chi connectivity index (χ4v) is 2.06. The average molecular weight is 256 g/mol. The standard InChI is InChI=1S/C16H20N2O/c1-12-10-14(7-8-16(12)19-3)11-18-13(2)15-6-4-5-9-17-15/h4-10,13,18H,11H2,1-3H3/t13-/m1/s1. The highest BCUT2D eigenvalue weighted by Gasteiger charge is 2.06. The Morgan fingerprint density at radius 3 is 2.74 bits per heavy atom. The first-order chi connectivity index (χ1) is 9.20. The predicted molar refractivity (Wildman–Crippen MR) is 77.2 cm³/mol.